The summed E-state index contributed by atoms with van der Waals surface area (Å²) in [5, 5.41) is 0. The third kappa shape index (κ3) is 7.76. The Labute approximate surface area is 236 Å². The molecule has 39 heavy (non-hydrogen) atoms. The zero-order valence-electron chi connectivity index (χ0n) is 24.0. The highest BCUT2D eigenvalue weighted by molar-refractivity contribution is 5.50. The van der Waals surface area contributed by atoms with Gasteiger partial charge in [-0.15, -0.1) is 0 Å². The molecule has 0 heterocycles. The molecule has 204 valence electrons. The van der Waals surface area contributed by atoms with Gasteiger partial charge < -0.3 is 11.5 Å². The van der Waals surface area contributed by atoms with Crippen molar-refractivity contribution in [3.8, 4) is 0 Å². The lowest BCUT2D eigenvalue weighted by Crippen LogP contribution is -2.27. The topological polar surface area (TPSA) is 52.0 Å². The predicted molar refractivity (Wildman–Crippen MR) is 169 cm³/mol. The van der Waals surface area contributed by atoms with E-state index in [1.807, 2.05) is 24.3 Å². The molecule has 4 aromatic rings. The van der Waals surface area contributed by atoms with Crippen LogP contribution in [0.25, 0.3) is 0 Å². The van der Waals surface area contributed by atoms with Gasteiger partial charge in [0.2, 0.25) is 0 Å². The molecular formula is C37H46N2. The van der Waals surface area contributed by atoms with Gasteiger partial charge in [0.1, 0.15) is 0 Å². The lowest BCUT2D eigenvalue weighted by atomic mass is 9.68. The van der Waals surface area contributed by atoms with Crippen molar-refractivity contribution in [2.45, 2.75) is 83.5 Å². The van der Waals surface area contributed by atoms with Crippen LogP contribution in [0.2, 0.25) is 0 Å². The second-order valence-corrected chi connectivity index (χ2v) is 11.4. The molecule has 0 spiro atoms. The van der Waals surface area contributed by atoms with E-state index < -0.39 is 0 Å². The van der Waals surface area contributed by atoms with Gasteiger partial charge in [0, 0.05) is 16.8 Å². The van der Waals surface area contributed by atoms with Crippen LogP contribution in [0.3, 0.4) is 0 Å². The van der Waals surface area contributed by atoms with Gasteiger partial charge in [-0.1, -0.05) is 132 Å². The maximum atomic E-state index is 5.98. The first-order chi connectivity index (χ1) is 19.0. The molecule has 0 fully saturated rings. The molecule has 4 aromatic carbocycles. The first-order valence-corrected chi connectivity index (χ1v) is 14.8. The number of hydrogen-bond acceptors (Lipinski definition) is 2. The van der Waals surface area contributed by atoms with E-state index in [0.29, 0.717) is 0 Å². The molecule has 0 aliphatic rings. The van der Waals surface area contributed by atoms with Crippen LogP contribution in [0.1, 0.15) is 98.6 Å². The van der Waals surface area contributed by atoms with Crippen molar-refractivity contribution in [2.75, 3.05) is 11.5 Å². The standard InChI is InChI=1S/C37H46N2/c1-3-4-5-6-7-8-13-26-37(2,35-16-11-9-14-31(35)27-29-18-22-33(38)23-19-29)36-17-12-10-15-32(36)28-30-20-24-34(39)25-21-30/h9-12,14-25H,3-8,13,26-28,38-39H2,1-2H3. The second-order valence-electron chi connectivity index (χ2n) is 11.4. The maximum Gasteiger partial charge on any atom is 0.0314 e. The number of nitrogen functional groups attached to an aromatic ring is 2. The van der Waals surface area contributed by atoms with E-state index in [0.717, 1.165) is 30.6 Å². The van der Waals surface area contributed by atoms with Crippen LogP contribution in [0, 0.1) is 0 Å². The van der Waals surface area contributed by atoms with Gasteiger partial charge in [-0.05, 0) is 76.9 Å². The van der Waals surface area contributed by atoms with Crippen LogP contribution in [0.4, 0.5) is 11.4 Å². The molecule has 4 rings (SSSR count). The molecule has 2 heteroatoms. The first kappa shape index (κ1) is 28.5. The number of anilines is 2. The summed E-state index contributed by atoms with van der Waals surface area (Å²) in [5.41, 5.74) is 21.8. The van der Waals surface area contributed by atoms with E-state index in [9.17, 15) is 0 Å². The summed E-state index contributed by atoms with van der Waals surface area (Å²) < 4.78 is 0. The van der Waals surface area contributed by atoms with Crippen LogP contribution in [0.5, 0.6) is 0 Å². The smallest absolute Gasteiger partial charge is 0.0314 e. The molecule has 0 unspecified atom stereocenters. The Balaban J connectivity index is 1.68. The molecule has 0 aliphatic carbocycles. The lowest BCUT2D eigenvalue weighted by Gasteiger charge is -2.35. The quantitative estimate of drug-likeness (QED) is 0.129. The minimum Gasteiger partial charge on any atom is -0.399 e. The summed E-state index contributed by atoms with van der Waals surface area (Å²) in [6.45, 7) is 4.77. The molecule has 0 amide bonds. The molecular weight excluding hydrogens is 472 g/mol. The monoisotopic (exact) mass is 518 g/mol. The van der Waals surface area contributed by atoms with Gasteiger partial charge >= 0.3 is 0 Å². The zero-order chi connectivity index (χ0) is 27.5. The van der Waals surface area contributed by atoms with Crippen molar-refractivity contribution in [3.05, 3.63) is 130 Å². The van der Waals surface area contributed by atoms with E-state index in [-0.39, 0.29) is 5.41 Å². The minimum atomic E-state index is -0.0851. The van der Waals surface area contributed by atoms with Gasteiger partial charge in [0.15, 0.2) is 0 Å². The predicted octanol–water partition coefficient (Wildman–Crippen LogP) is 9.48. The highest BCUT2D eigenvalue weighted by Gasteiger charge is 2.32. The van der Waals surface area contributed by atoms with E-state index in [1.165, 1.54) is 78.3 Å². The molecule has 0 saturated heterocycles. The largest absolute Gasteiger partial charge is 0.399 e. The number of hydrogen-bond donors (Lipinski definition) is 2. The Bertz CT molecular complexity index is 1200. The molecule has 0 atom stereocenters. The molecule has 4 N–H and O–H groups in total. The fourth-order valence-electron chi connectivity index (χ4n) is 5.99. The highest BCUT2D eigenvalue weighted by Crippen LogP contribution is 2.41. The van der Waals surface area contributed by atoms with E-state index >= 15 is 0 Å². The van der Waals surface area contributed by atoms with Gasteiger partial charge in [-0.25, -0.2) is 0 Å². The second kappa shape index (κ2) is 14.0. The fourth-order valence-corrected chi connectivity index (χ4v) is 5.99. The minimum absolute atomic E-state index is 0.0851. The SMILES string of the molecule is CCCCCCCCCC(C)(c1ccccc1Cc1ccc(N)cc1)c1ccccc1Cc1ccc(N)cc1. The molecule has 2 nitrogen and oxygen atoms in total. The first-order valence-electron chi connectivity index (χ1n) is 14.8. The summed E-state index contributed by atoms with van der Waals surface area (Å²) in [6.07, 6.45) is 12.2. The number of unbranched alkanes of at least 4 members (excludes halogenated alkanes) is 6. The van der Waals surface area contributed by atoms with Crippen molar-refractivity contribution in [1.82, 2.24) is 0 Å². The van der Waals surface area contributed by atoms with Crippen molar-refractivity contribution in [3.63, 3.8) is 0 Å². The third-order valence-electron chi connectivity index (χ3n) is 8.25. The Morgan fingerprint density at radius 1 is 0.513 bits per heavy atom. The molecule has 0 bridgehead atoms. The van der Waals surface area contributed by atoms with Crippen LogP contribution < -0.4 is 11.5 Å². The summed E-state index contributed by atoms with van der Waals surface area (Å²) in [4.78, 5) is 0. The zero-order valence-corrected chi connectivity index (χ0v) is 24.0. The van der Waals surface area contributed by atoms with Crippen molar-refractivity contribution in [1.29, 1.82) is 0 Å². The van der Waals surface area contributed by atoms with E-state index in [1.54, 1.807) is 0 Å². The maximum absolute atomic E-state index is 5.98. The average molecular weight is 519 g/mol. The molecule has 0 aliphatic heterocycles. The fraction of sp³-hybridized carbons (Fsp3) is 0.351. The third-order valence-corrected chi connectivity index (χ3v) is 8.25. The van der Waals surface area contributed by atoms with Crippen molar-refractivity contribution < 1.29 is 0 Å². The van der Waals surface area contributed by atoms with Gasteiger partial charge in [-0.3, -0.25) is 0 Å². The summed E-state index contributed by atoms with van der Waals surface area (Å²) in [6, 6.07) is 34.9. The Morgan fingerprint density at radius 3 is 1.38 bits per heavy atom. The molecule has 0 radical (unpaired) electrons. The molecule has 0 aromatic heterocycles. The Hall–Kier alpha value is -3.52. The Kier molecular flexibility index (Phi) is 10.3. The van der Waals surface area contributed by atoms with E-state index in [4.69, 9.17) is 11.5 Å². The summed E-state index contributed by atoms with van der Waals surface area (Å²) >= 11 is 0. The summed E-state index contributed by atoms with van der Waals surface area (Å²) in [5.74, 6) is 0. The summed E-state index contributed by atoms with van der Waals surface area (Å²) in [7, 11) is 0. The van der Waals surface area contributed by atoms with Crippen LogP contribution in [-0.2, 0) is 18.3 Å². The van der Waals surface area contributed by atoms with Gasteiger partial charge in [0.25, 0.3) is 0 Å². The van der Waals surface area contributed by atoms with Crippen LogP contribution in [-0.4, -0.2) is 0 Å². The van der Waals surface area contributed by atoms with Crippen LogP contribution >= 0.6 is 0 Å². The van der Waals surface area contributed by atoms with Gasteiger partial charge in [0.05, 0.1) is 0 Å². The number of rotatable bonds is 14. The molecule has 0 saturated carbocycles. The number of nitrogens with two attached hydrogens (primary N) is 2. The number of benzene rings is 4. The normalized spacial score (nSPS) is 11.5. The van der Waals surface area contributed by atoms with Crippen molar-refractivity contribution in [2.24, 2.45) is 0 Å². The van der Waals surface area contributed by atoms with Crippen molar-refractivity contribution >= 4 is 11.4 Å². The Morgan fingerprint density at radius 2 is 0.923 bits per heavy atom. The van der Waals surface area contributed by atoms with E-state index in [2.05, 4.69) is 86.6 Å². The van der Waals surface area contributed by atoms with Gasteiger partial charge in [-0.2, -0.15) is 0 Å². The highest BCUT2D eigenvalue weighted by atomic mass is 14.5. The average Bonchev–Trinajstić information content (AvgIpc) is 2.95. The van der Waals surface area contributed by atoms with Crippen LogP contribution in [0.15, 0.2) is 97.1 Å². The lowest BCUT2D eigenvalue weighted by molar-refractivity contribution is 0.466.